The van der Waals surface area contributed by atoms with Crippen LogP contribution in [0.3, 0.4) is 0 Å². The van der Waals surface area contributed by atoms with E-state index in [4.69, 9.17) is 42.6 Å². The van der Waals surface area contributed by atoms with Gasteiger partial charge in [0, 0.05) is 38.6 Å². The highest BCUT2D eigenvalue weighted by Crippen LogP contribution is 2.42. The Morgan fingerprint density at radius 1 is 0.873 bits per heavy atom. The van der Waals surface area contributed by atoms with Gasteiger partial charge in [-0.25, -0.2) is 4.79 Å². The number of rotatable bonds is 8. The van der Waals surface area contributed by atoms with Crippen LogP contribution >= 0.6 is 0 Å². The zero-order valence-corrected chi connectivity index (χ0v) is 35.2. The molecule has 0 aromatic rings. The second-order valence-electron chi connectivity index (χ2n) is 17.1. The molecule has 4 saturated heterocycles. The first-order chi connectivity index (χ1) is 25.5. The molecule has 0 unspecified atom stereocenters. The Balaban J connectivity index is 1.86. The summed E-state index contributed by atoms with van der Waals surface area (Å²) in [6, 6.07) is -0.791. The van der Waals surface area contributed by atoms with Crippen molar-refractivity contribution in [2.24, 2.45) is 17.8 Å². The number of fused-ring (bicyclic) bond motifs is 1. The van der Waals surface area contributed by atoms with Gasteiger partial charge in [-0.1, -0.05) is 13.8 Å². The molecule has 4 aliphatic rings. The van der Waals surface area contributed by atoms with Crippen molar-refractivity contribution in [2.75, 3.05) is 28.3 Å². The maximum absolute atomic E-state index is 14.5. The van der Waals surface area contributed by atoms with E-state index in [1.165, 1.54) is 14.2 Å². The number of carbonyl (C=O) groups excluding carboxylic acids is 3. The van der Waals surface area contributed by atoms with Gasteiger partial charge in [0.05, 0.1) is 47.5 Å². The number of aliphatic hydroxyl groups is 2. The smallest absolute Gasteiger partial charge is 0.458 e. The third kappa shape index (κ3) is 9.44. The van der Waals surface area contributed by atoms with Gasteiger partial charge >= 0.3 is 12.1 Å². The van der Waals surface area contributed by atoms with Crippen LogP contribution in [-0.4, -0.2) is 152 Å². The fourth-order valence-corrected chi connectivity index (χ4v) is 9.07. The molecule has 0 saturated carbocycles. The third-order valence-electron chi connectivity index (χ3n) is 12.6. The molecule has 0 bridgehead atoms. The molecule has 0 aliphatic carbocycles. The summed E-state index contributed by atoms with van der Waals surface area (Å²) in [4.78, 5) is 42.9. The zero-order chi connectivity index (χ0) is 41.4. The number of hydrogen-bond acceptors (Lipinski definition) is 15. The third-order valence-corrected chi connectivity index (χ3v) is 12.6. The number of aliphatic hydroxyl groups excluding tert-OH is 2. The quantitative estimate of drug-likeness (QED) is 0.304. The Labute approximate surface area is 326 Å². The molecule has 4 rings (SSSR count). The number of nitrogens with one attached hydrogen (secondary N) is 1. The summed E-state index contributed by atoms with van der Waals surface area (Å²) in [5, 5.41) is 25.7. The van der Waals surface area contributed by atoms with Gasteiger partial charge in [-0.15, -0.1) is 0 Å². The molecule has 4 fully saturated rings. The van der Waals surface area contributed by atoms with E-state index >= 15 is 0 Å². The first-order valence-corrected chi connectivity index (χ1v) is 19.7. The van der Waals surface area contributed by atoms with Crippen LogP contribution in [0.4, 0.5) is 4.79 Å². The van der Waals surface area contributed by atoms with Crippen LogP contribution in [0, 0.1) is 17.8 Å². The molecule has 0 spiro atoms. The van der Waals surface area contributed by atoms with Crippen LogP contribution in [0.25, 0.3) is 0 Å². The van der Waals surface area contributed by atoms with Crippen LogP contribution in [-0.2, 0) is 52.2 Å². The number of cyclic esters (lactones) is 1. The van der Waals surface area contributed by atoms with Crippen molar-refractivity contribution in [1.29, 1.82) is 0 Å². The lowest BCUT2D eigenvalue weighted by Crippen LogP contribution is -2.61. The Hall–Kier alpha value is -2.15. The van der Waals surface area contributed by atoms with Gasteiger partial charge < -0.3 is 63.1 Å². The summed E-state index contributed by atoms with van der Waals surface area (Å²) < 4.78 is 55.7. The molecule has 4 heterocycles. The van der Waals surface area contributed by atoms with Crippen LogP contribution in [0.5, 0.6) is 0 Å². The summed E-state index contributed by atoms with van der Waals surface area (Å²) in [5.41, 5.74) is -3.72. The molecular formula is C39H68N2O14. The van der Waals surface area contributed by atoms with Crippen LogP contribution < -0.4 is 5.32 Å². The lowest BCUT2D eigenvalue weighted by atomic mass is 9.78. The Bertz CT molecular complexity index is 1340. The SMILES string of the molecule is CC[C@H]1OC(=O)[C@H](C)[C@@H](O[C@H]2C[C@@](C)(OC)[C@@H](O)[C@H](C)O2)[C@H](C)[C@@H](O[C@@H]2O[C@H](C)C[C@H](N(C)C)[C@H]2O)[C@](C)(OC)C[C@@H](C)NC(=O)[C@H](C)[C@H]2OC(=O)O[C@@]21C. The average Bonchev–Trinajstić information content (AvgIpc) is 3.43. The van der Waals surface area contributed by atoms with Gasteiger partial charge in [-0.3, -0.25) is 9.59 Å². The van der Waals surface area contributed by atoms with E-state index in [2.05, 4.69) is 5.32 Å². The van der Waals surface area contributed by atoms with Crippen molar-refractivity contribution in [3.05, 3.63) is 0 Å². The lowest BCUT2D eigenvalue weighted by molar-refractivity contribution is -0.319. The van der Waals surface area contributed by atoms with Gasteiger partial charge in [0.1, 0.15) is 18.3 Å². The van der Waals surface area contributed by atoms with Gasteiger partial charge in [0.15, 0.2) is 24.3 Å². The number of methoxy groups -OCH3 is 2. The van der Waals surface area contributed by atoms with E-state index in [1.807, 2.05) is 46.7 Å². The molecular weight excluding hydrogens is 720 g/mol. The largest absolute Gasteiger partial charge is 0.509 e. The summed E-state index contributed by atoms with van der Waals surface area (Å²) in [5.74, 6) is -3.67. The average molecular weight is 789 g/mol. The minimum absolute atomic E-state index is 0.130. The number of carbonyl (C=O) groups is 3. The highest BCUT2D eigenvalue weighted by Gasteiger charge is 2.59. The fraction of sp³-hybridized carbons (Fsp3) is 0.923. The summed E-state index contributed by atoms with van der Waals surface area (Å²) >= 11 is 0. The first-order valence-electron chi connectivity index (χ1n) is 19.7. The minimum atomic E-state index is -1.50. The Kier molecular flexibility index (Phi) is 14.7. The molecule has 0 radical (unpaired) electrons. The van der Waals surface area contributed by atoms with Crippen molar-refractivity contribution >= 4 is 18.0 Å². The molecule has 18 atom stereocenters. The zero-order valence-electron chi connectivity index (χ0n) is 35.2. The second-order valence-corrected chi connectivity index (χ2v) is 17.1. The molecule has 16 nitrogen and oxygen atoms in total. The minimum Gasteiger partial charge on any atom is -0.458 e. The van der Waals surface area contributed by atoms with Crippen molar-refractivity contribution in [2.45, 2.75) is 185 Å². The molecule has 0 aromatic heterocycles. The number of likely N-dealkylation sites (N-methyl/N-ethyl adjacent to an activating group) is 1. The van der Waals surface area contributed by atoms with Crippen molar-refractivity contribution < 1.29 is 67.2 Å². The monoisotopic (exact) mass is 788 g/mol. The topological polar surface area (TPSA) is 190 Å². The predicted octanol–water partition coefficient (Wildman–Crippen LogP) is 2.92. The Morgan fingerprint density at radius 3 is 2.09 bits per heavy atom. The molecule has 318 valence electrons. The van der Waals surface area contributed by atoms with E-state index in [0.29, 0.717) is 6.42 Å². The summed E-state index contributed by atoms with van der Waals surface area (Å²) in [7, 11) is 6.82. The van der Waals surface area contributed by atoms with Gasteiger partial charge in [-0.05, 0) is 88.7 Å². The highest BCUT2D eigenvalue weighted by atomic mass is 16.8. The predicted molar refractivity (Wildman–Crippen MR) is 198 cm³/mol. The van der Waals surface area contributed by atoms with E-state index in [1.54, 1.807) is 41.5 Å². The Morgan fingerprint density at radius 2 is 1.51 bits per heavy atom. The van der Waals surface area contributed by atoms with E-state index in [9.17, 15) is 24.6 Å². The van der Waals surface area contributed by atoms with Crippen LogP contribution in [0.15, 0.2) is 0 Å². The molecule has 3 N–H and O–H groups in total. The van der Waals surface area contributed by atoms with E-state index < -0.39 is 114 Å². The first kappa shape index (κ1) is 45.6. The molecule has 16 heteroatoms. The van der Waals surface area contributed by atoms with Gasteiger partial charge in [0.2, 0.25) is 5.91 Å². The van der Waals surface area contributed by atoms with Crippen LogP contribution in [0.1, 0.15) is 94.9 Å². The van der Waals surface area contributed by atoms with Crippen molar-refractivity contribution in [3.8, 4) is 0 Å². The van der Waals surface area contributed by atoms with E-state index in [-0.39, 0.29) is 31.4 Å². The standard InChI is InChI=1S/C39H68N2O14/c1-15-26-39(10)32(54-36(46)55-39)23(6)33(44)40-19(2)17-38(9,48-14)31(53-35-28(42)25(41(11)12)16-20(3)49-35)21(4)29(22(5)34(45)51-26)52-27-18-37(8,47-13)30(43)24(7)50-27/h19-32,35,42-43H,15-18H2,1-14H3,(H,40,44)/t19-,20-,21+,22-,23-,24+,25+,26-,27+,28-,29+,30+,31-,32-,35+,37-,38-,39-/m1/s1. The number of hydrogen-bond donors (Lipinski definition) is 3. The van der Waals surface area contributed by atoms with Crippen LogP contribution in [0.2, 0.25) is 0 Å². The molecule has 1 amide bonds. The van der Waals surface area contributed by atoms with Gasteiger partial charge in [-0.2, -0.15) is 0 Å². The van der Waals surface area contributed by atoms with Crippen molar-refractivity contribution in [1.82, 2.24) is 10.2 Å². The highest BCUT2D eigenvalue weighted by molar-refractivity contribution is 5.80. The maximum Gasteiger partial charge on any atom is 0.509 e. The molecule has 4 aliphatic heterocycles. The second kappa shape index (κ2) is 17.8. The number of amides is 1. The lowest BCUT2D eigenvalue weighted by Gasteiger charge is -2.49. The number of ether oxygens (including phenoxy) is 9. The number of nitrogens with zero attached hydrogens (tertiary/aromatic N) is 1. The summed E-state index contributed by atoms with van der Waals surface area (Å²) in [6.45, 7) is 17.6. The molecule has 0 aromatic carbocycles. The summed E-state index contributed by atoms with van der Waals surface area (Å²) in [6.07, 6.45) is -8.81. The normalized spacial score (nSPS) is 47.8. The molecule has 55 heavy (non-hydrogen) atoms. The maximum atomic E-state index is 14.5. The van der Waals surface area contributed by atoms with Crippen molar-refractivity contribution in [3.63, 3.8) is 0 Å². The fourth-order valence-electron chi connectivity index (χ4n) is 9.07. The number of esters is 1. The van der Waals surface area contributed by atoms with E-state index in [0.717, 1.165) is 0 Å². The van der Waals surface area contributed by atoms with Gasteiger partial charge in [0.25, 0.3) is 0 Å².